The van der Waals surface area contributed by atoms with Crippen LogP contribution in [0.1, 0.15) is 5.56 Å². The maximum Gasteiger partial charge on any atom is 0.264 e. The number of anilines is 2. The van der Waals surface area contributed by atoms with E-state index in [1.807, 2.05) is 6.07 Å². The van der Waals surface area contributed by atoms with Gasteiger partial charge in [0.25, 0.3) is 10.0 Å². The number of hydrogen-bond acceptors (Lipinski definition) is 5. The summed E-state index contributed by atoms with van der Waals surface area (Å²) < 4.78 is 42.8. The lowest BCUT2D eigenvalue weighted by molar-refractivity contribution is 0.570. The maximum absolute atomic E-state index is 14.1. The Kier molecular flexibility index (Phi) is 4.54. The summed E-state index contributed by atoms with van der Waals surface area (Å²) in [6, 6.07) is 11.8. The predicted octanol–water partition coefficient (Wildman–Crippen LogP) is 2.92. The molecule has 0 spiro atoms. The number of rotatable bonds is 4. The minimum absolute atomic E-state index is 0.0492. The molecule has 2 aromatic carbocycles. The van der Waals surface area contributed by atoms with E-state index in [-0.39, 0.29) is 27.8 Å². The van der Waals surface area contributed by atoms with Crippen molar-refractivity contribution in [3.05, 3.63) is 65.1 Å². The van der Waals surface area contributed by atoms with Crippen LogP contribution in [0.5, 0.6) is 0 Å². The molecule has 0 bridgehead atoms. The minimum Gasteiger partial charge on any atom is -0.382 e. The van der Waals surface area contributed by atoms with E-state index < -0.39 is 20.7 Å². The maximum atomic E-state index is 14.1. The smallest absolute Gasteiger partial charge is 0.264 e. The van der Waals surface area contributed by atoms with Crippen LogP contribution in [-0.4, -0.2) is 18.2 Å². The van der Waals surface area contributed by atoms with Gasteiger partial charge in [-0.2, -0.15) is 10.4 Å². The van der Waals surface area contributed by atoms with Crippen LogP contribution >= 0.6 is 11.6 Å². The zero-order chi connectivity index (χ0) is 18.9. The molecule has 0 amide bonds. The molecule has 0 aliphatic carbocycles. The molecule has 0 saturated carbocycles. The molecule has 132 valence electrons. The predicted molar refractivity (Wildman–Crippen MR) is 94.9 cm³/mol. The van der Waals surface area contributed by atoms with Crippen molar-refractivity contribution in [2.24, 2.45) is 0 Å². The van der Waals surface area contributed by atoms with E-state index in [1.165, 1.54) is 29.1 Å². The summed E-state index contributed by atoms with van der Waals surface area (Å²) in [5, 5.41) is 12.7. The molecule has 3 N–H and O–H groups in total. The Hall–Kier alpha value is -3.09. The first-order valence-corrected chi connectivity index (χ1v) is 9.01. The molecule has 0 atom stereocenters. The van der Waals surface area contributed by atoms with Gasteiger partial charge in [-0.05, 0) is 24.3 Å². The summed E-state index contributed by atoms with van der Waals surface area (Å²) in [5.41, 5.74) is 6.38. The lowest BCUT2D eigenvalue weighted by Crippen LogP contribution is -2.17. The molecule has 10 heteroatoms. The van der Waals surface area contributed by atoms with Gasteiger partial charge in [-0.1, -0.05) is 29.8 Å². The van der Waals surface area contributed by atoms with Crippen molar-refractivity contribution in [1.82, 2.24) is 9.78 Å². The van der Waals surface area contributed by atoms with E-state index in [1.54, 1.807) is 18.2 Å². The molecule has 26 heavy (non-hydrogen) atoms. The van der Waals surface area contributed by atoms with E-state index in [9.17, 15) is 12.8 Å². The fraction of sp³-hybridized carbons (Fsp3) is 0. The molecule has 3 rings (SSSR count). The van der Waals surface area contributed by atoms with E-state index >= 15 is 0 Å². The summed E-state index contributed by atoms with van der Waals surface area (Å²) in [6.07, 6.45) is 1.26. The third-order valence-electron chi connectivity index (χ3n) is 3.51. The second kappa shape index (κ2) is 6.67. The molecule has 0 saturated heterocycles. The highest BCUT2D eigenvalue weighted by Crippen LogP contribution is 2.28. The van der Waals surface area contributed by atoms with Crippen molar-refractivity contribution in [1.29, 1.82) is 5.26 Å². The standard InChI is InChI=1S/C16H11ClFN5O2S/c17-11-4-3-7-14(15(11)18)26(24,25)22-12-5-1-2-6-13(12)23-16(20)10(8-19)9-21-23/h1-7,9,22H,20H2. The normalized spacial score (nSPS) is 11.1. The first kappa shape index (κ1) is 17.7. The topological polar surface area (TPSA) is 114 Å². The molecule has 1 heterocycles. The highest BCUT2D eigenvalue weighted by atomic mass is 35.5. The average Bonchev–Trinajstić information content (AvgIpc) is 2.98. The van der Waals surface area contributed by atoms with E-state index in [2.05, 4.69) is 9.82 Å². The van der Waals surface area contributed by atoms with Gasteiger partial charge in [-0.3, -0.25) is 4.72 Å². The van der Waals surface area contributed by atoms with Gasteiger partial charge in [0.1, 0.15) is 22.3 Å². The van der Waals surface area contributed by atoms with Crippen molar-refractivity contribution < 1.29 is 12.8 Å². The highest BCUT2D eigenvalue weighted by Gasteiger charge is 2.23. The Balaban J connectivity index is 2.08. The first-order valence-electron chi connectivity index (χ1n) is 7.15. The van der Waals surface area contributed by atoms with Crippen LogP contribution in [-0.2, 0) is 10.0 Å². The van der Waals surface area contributed by atoms with E-state index in [0.717, 1.165) is 6.07 Å². The monoisotopic (exact) mass is 391 g/mol. The van der Waals surface area contributed by atoms with Crippen molar-refractivity contribution in [2.45, 2.75) is 4.90 Å². The molecule has 0 aliphatic heterocycles. The van der Waals surface area contributed by atoms with Gasteiger partial charge < -0.3 is 5.73 Å². The number of nitriles is 1. The third-order valence-corrected chi connectivity index (χ3v) is 5.18. The van der Waals surface area contributed by atoms with Gasteiger partial charge in [0.05, 0.1) is 22.6 Å². The van der Waals surface area contributed by atoms with Gasteiger partial charge in [0.2, 0.25) is 0 Å². The van der Waals surface area contributed by atoms with Crippen LogP contribution in [0.4, 0.5) is 15.9 Å². The Morgan fingerprint density at radius 2 is 1.96 bits per heavy atom. The van der Waals surface area contributed by atoms with Crippen LogP contribution in [0.2, 0.25) is 5.02 Å². The Bertz CT molecular complexity index is 1140. The van der Waals surface area contributed by atoms with Crippen molar-refractivity contribution in [3.63, 3.8) is 0 Å². The summed E-state index contributed by atoms with van der Waals surface area (Å²) in [4.78, 5) is -0.592. The molecule has 0 unspecified atom stereocenters. The number of nitrogens with zero attached hydrogens (tertiary/aromatic N) is 3. The largest absolute Gasteiger partial charge is 0.382 e. The van der Waals surface area contributed by atoms with Gasteiger partial charge in [0.15, 0.2) is 5.82 Å². The first-order chi connectivity index (χ1) is 12.3. The lowest BCUT2D eigenvalue weighted by atomic mass is 10.2. The number of nitrogens with two attached hydrogens (primary N) is 1. The molecule has 0 radical (unpaired) electrons. The zero-order valence-electron chi connectivity index (χ0n) is 13.0. The molecular weight excluding hydrogens is 381 g/mol. The SMILES string of the molecule is N#Cc1cnn(-c2ccccc2NS(=O)(=O)c2cccc(Cl)c2F)c1N. The van der Waals surface area contributed by atoms with Crippen molar-refractivity contribution >= 4 is 33.1 Å². The van der Waals surface area contributed by atoms with Crippen LogP contribution in [0.25, 0.3) is 5.69 Å². The van der Waals surface area contributed by atoms with Gasteiger partial charge >= 0.3 is 0 Å². The minimum atomic E-state index is -4.26. The van der Waals surface area contributed by atoms with Crippen molar-refractivity contribution in [3.8, 4) is 11.8 Å². The second-order valence-electron chi connectivity index (χ2n) is 5.14. The quantitative estimate of drug-likeness (QED) is 0.709. The van der Waals surface area contributed by atoms with Gasteiger partial charge in [-0.25, -0.2) is 17.5 Å². The fourth-order valence-electron chi connectivity index (χ4n) is 2.27. The highest BCUT2D eigenvalue weighted by molar-refractivity contribution is 7.92. The number of benzene rings is 2. The Labute approximate surface area is 153 Å². The summed E-state index contributed by atoms with van der Waals surface area (Å²) >= 11 is 5.66. The fourth-order valence-corrected chi connectivity index (χ4v) is 3.68. The van der Waals surface area contributed by atoms with E-state index in [0.29, 0.717) is 0 Å². The third kappa shape index (κ3) is 3.08. The molecule has 1 aromatic heterocycles. The second-order valence-corrected chi connectivity index (χ2v) is 7.20. The number of sulfonamides is 1. The Morgan fingerprint density at radius 1 is 1.23 bits per heavy atom. The summed E-state index contributed by atoms with van der Waals surface area (Å²) in [5.74, 6) is -1.00. The molecule has 0 aliphatic rings. The average molecular weight is 392 g/mol. The number of aromatic nitrogens is 2. The van der Waals surface area contributed by atoms with Crippen LogP contribution in [0.15, 0.2) is 53.6 Å². The summed E-state index contributed by atoms with van der Waals surface area (Å²) in [7, 11) is -4.26. The number of halogens is 2. The van der Waals surface area contributed by atoms with Crippen LogP contribution in [0.3, 0.4) is 0 Å². The van der Waals surface area contributed by atoms with Crippen molar-refractivity contribution in [2.75, 3.05) is 10.5 Å². The number of nitrogen functional groups attached to an aromatic ring is 1. The van der Waals surface area contributed by atoms with Crippen LogP contribution in [0, 0.1) is 17.1 Å². The van der Waals surface area contributed by atoms with Crippen LogP contribution < -0.4 is 10.5 Å². The summed E-state index contributed by atoms with van der Waals surface area (Å²) in [6.45, 7) is 0. The molecule has 0 fully saturated rings. The zero-order valence-corrected chi connectivity index (χ0v) is 14.6. The van der Waals surface area contributed by atoms with Gasteiger partial charge in [-0.15, -0.1) is 0 Å². The van der Waals surface area contributed by atoms with E-state index in [4.69, 9.17) is 22.6 Å². The molecular formula is C16H11ClFN5O2S. The number of hydrogen-bond donors (Lipinski definition) is 2. The molecule has 7 nitrogen and oxygen atoms in total. The lowest BCUT2D eigenvalue weighted by Gasteiger charge is -2.14. The van der Waals surface area contributed by atoms with Gasteiger partial charge in [0, 0.05) is 0 Å². The Morgan fingerprint density at radius 3 is 2.65 bits per heavy atom. The number of para-hydroxylation sites is 2. The number of nitrogens with one attached hydrogen (secondary N) is 1. The molecule has 3 aromatic rings.